The molecule has 0 N–H and O–H groups in total. The van der Waals surface area contributed by atoms with E-state index in [1.54, 1.807) is 0 Å². The van der Waals surface area contributed by atoms with E-state index in [0.717, 1.165) is 6.71 Å². The molecule has 0 spiro atoms. The first kappa shape index (κ1) is 7.13. The van der Waals surface area contributed by atoms with Crippen LogP contribution in [0, 0.1) is 0 Å². The minimum atomic E-state index is 0.894. The van der Waals surface area contributed by atoms with Crippen LogP contribution in [0.1, 0.15) is 6.92 Å². The zero-order chi connectivity index (χ0) is 5.70. The number of hydrogen-bond donors (Lipinski definition) is 0. The first-order chi connectivity index (χ1) is 3.31. The topological polar surface area (TPSA) is 0 Å². The standard InChI is InChI=1S/C5H13B2/c1-4-7(3)5-6-2/h4-5H2,1-3H3. The van der Waals surface area contributed by atoms with Crippen LogP contribution in [0.2, 0.25) is 26.2 Å². The smallest absolute Gasteiger partial charge is 0.101 e. The summed E-state index contributed by atoms with van der Waals surface area (Å²) < 4.78 is 0. The lowest BCUT2D eigenvalue weighted by Crippen LogP contribution is -2.06. The number of hydrogen-bond acceptors (Lipinski definition) is 0. The zero-order valence-electron chi connectivity index (χ0n) is 5.57. The van der Waals surface area contributed by atoms with Gasteiger partial charge in [0, 0.05) is 0 Å². The molecule has 0 unspecified atom stereocenters. The van der Waals surface area contributed by atoms with Crippen LogP contribution in [-0.4, -0.2) is 14.0 Å². The van der Waals surface area contributed by atoms with E-state index in [9.17, 15) is 0 Å². The second-order valence-corrected chi connectivity index (χ2v) is 2.16. The molecule has 0 atom stereocenters. The van der Waals surface area contributed by atoms with Gasteiger partial charge in [0.1, 0.15) is 6.71 Å². The molecule has 0 aliphatic heterocycles. The van der Waals surface area contributed by atoms with Gasteiger partial charge in [-0.3, -0.25) is 0 Å². The van der Waals surface area contributed by atoms with Crippen LogP contribution in [0.25, 0.3) is 0 Å². The summed E-state index contributed by atoms with van der Waals surface area (Å²) in [5.74, 6) is 0. The molecule has 0 nitrogen and oxygen atoms in total. The van der Waals surface area contributed by atoms with Gasteiger partial charge < -0.3 is 0 Å². The lowest BCUT2D eigenvalue weighted by Gasteiger charge is -1.96. The lowest BCUT2D eigenvalue weighted by atomic mass is 9.39. The van der Waals surface area contributed by atoms with Gasteiger partial charge in [-0.25, -0.2) is 0 Å². The second kappa shape index (κ2) is 4.29. The molecule has 39 valence electrons. The zero-order valence-corrected chi connectivity index (χ0v) is 5.57. The predicted octanol–water partition coefficient (Wildman–Crippen LogP) is 1.84. The van der Waals surface area contributed by atoms with E-state index >= 15 is 0 Å². The van der Waals surface area contributed by atoms with Crippen molar-refractivity contribution in [1.29, 1.82) is 0 Å². The van der Waals surface area contributed by atoms with Crippen molar-refractivity contribution < 1.29 is 0 Å². The minimum Gasteiger partial charge on any atom is -0.101 e. The highest BCUT2D eigenvalue weighted by molar-refractivity contribution is 6.68. The fourth-order valence-corrected chi connectivity index (χ4v) is 0.569. The third kappa shape index (κ3) is 3.97. The number of rotatable bonds is 3. The molecule has 0 bridgehead atoms. The molecular formula is C5H13B2. The Balaban J connectivity index is 2.83. The third-order valence-electron chi connectivity index (χ3n) is 1.33. The summed E-state index contributed by atoms with van der Waals surface area (Å²) in [5, 5.41) is 0. The maximum Gasteiger partial charge on any atom is 0.128 e. The molecule has 0 saturated carbocycles. The van der Waals surface area contributed by atoms with Gasteiger partial charge in [0.2, 0.25) is 0 Å². The molecule has 0 fully saturated rings. The Morgan fingerprint density at radius 2 is 2.14 bits per heavy atom. The maximum atomic E-state index is 2.28. The van der Waals surface area contributed by atoms with Crippen LogP contribution >= 0.6 is 0 Å². The van der Waals surface area contributed by atoms with Gasteiger partial charge in [-0.05, 0) is 0 Å². The summed E-state index contributed by atoms with van der Waals surface area (Å²) in [7, 11) is 2.23. The fourth-order valence-electron chi connectivity index (χ4n) is 0.569. The molecular weight excluding hydrogens is 81.7 g/mol. The molecule has 0 amide bonds. The van der Waals surface area contributed by atoms with Crippen molar-refractivity contribution in [3.05, 3.63) is 0 Å². The molecule has 7 heavy (non-hydrogen) atoms. The van der Waals surface area contributed by atoms with Crippen molar-refractivity contribution >= 4 is 14.0 Å². The summed E-state index contributed by atoms with van der Waals surface area (Å²) >= 11 is 0. The Hall–Kier alpha value is 0.130. The molecule has 0 aromatic carbocycles. The predicted molar refractivity (Wildman–Crippen MR) is 38.5 cm³/mol. The van der Waals surface area contributed by atoms with Crippen LogP contribution in [0.3, 0.4) is 0 Å². The van der Waals surface area contributed by atoms with E-state index in [0.29, 0.717) is 0 Å². The van der Waals surface area contributed by atoms with E-state index in [1.165, 1.54) is 12.5 Å². The summed E-state index contributed by atoms with van der Waals surface area (Å²) in [6, 6.07) is 0. The molecule has 0 aromatic rings. The maximum absolute atomic E-state index is 2.28. The average Bonchev–Trinajstić information content (AvgIpc) is 1.68. The Morgan fingerprint density at radius 1 is 1.57 bits per heavy atom. The minimum absolute atomic E-state index is 0.894. The van der Waals surface area contributed by atoms with Crippen LogP contribution in [-0.2, 0) is 0 Å². The normalized spacial score (nSPS) is 8.43. The molecule has 1 radical (unpaired) electrons. The lowest BCUT2D eigenvalue weighted by molar-refractivity contribution is 1.40. The highest BCUT2D eigenvalue weighted by Crippen LogP contribution is 1.94. The van der Waals surface area contributed by atoms with Crippen LogP contribution < -0.4 is 0 Å². The molecule has 0 aromatic heterocycles. The Morgan fingerprint density at radius 3 is 2.29 bits per heavy atom. The van der Waals surface area contributed by atoms with Crippen molar-refractivity contribution in [2.75, 3.05) is 0 Å². The summed E-state index contributed by atoms with van der Waals surface area (Å²) in [6.07, 6.45) is 2.58. The molecule has 0 rings (SSSR count). The van der Waals surface area contributed by atoms with Gasteiger partial charge in [-0.15, -0.1) is 6.22 Å². The first-order valence-electron chi connectivity index (χ1n) is 3.09. The van der Waals surface area contributed by atoms with E-state index < -0.39 is 0 Å². The van der Waals surface area contributed by atoms with Crippen LogP contribution in [0.5, 0.6) is 0 Å². The van der Waals surface area contributed by atoms with Gasteiger partial charge in [0.05, 0.1) is 7.28 Å². The van der Waals surface area contributed by atoms with E-state index in [-0.39, 0.29) is 0 Å². The van der Waals surface area contributed by atoms with Crippen molar-refractivity contribution in [2.45, 2.75) is 33.1 Å². The SMILES string of the molecule is C[B]CB(C)CC. The van der Waals surface area contributed by atoms with E-state index in [1.807, 2.05) is 0 Å². The Bertz CT molecular complexity index is 37.1. The summed E-state index contributed by atoms with van der Waals surface area (Å²) in [6.45, 7) is 7.52. The third-order valence-corrected chi connectivity index (χ3v) is 1.33. The van der Waals surface area contributed by atoms with E-state index in [4.69, 9.17) is 0 Å². The molecule has 0 saturated heterocycles. The van der Waals surface area contributed by atoms with Crippen molar-refractivity contribution in [1.82, 2.24) is 0 Å². The Kier molecular flexibility index (Phi) is 4.37. The van der Waals surface area contributed by atoms with Gasteiger partial charge >= 0.3 is 0 Å². The van der Waals surface area contributed by atoms with Crippen molar-refractivity contribution in [2.24, 2.45) is 0 Å². The van der Waals surface area contributed by atoms with Gasteiger partial charge in [-0.1, -0.05) is 26.9 Å². The molecule has 2 heteroatoms. The fraction of sp³-hybridized carbons (Fsp3) is 1.00. The molecule has 0 aliphatic rings. The quantitative estimate of drug-likeness (QED) is 0.469. The first-order valence-corrected chi connectivity index (χ1v) is 3.09. The summed E-state index contributed by atoms with van der Waals surface area (Å²) in [4.78, 5) is 0. The second-order valence-electron chi connectivity index (χ2n) is 2.16. The van der Waals surface area contributed by atoms with Gasteiger partial charge in [-0.2, -0.15) is 0 Å². The van der Waals surface area contributed by atoms with Gasteiger partial charge in [0.25, 0.3) is 0 Å². The summed E-state index contributed by atoms with van der Waals surface area (Å²) in [5.41, 5.74) is 0. The van der Waals surface area contributed by atoms with Crippen LogP contribution in [0.15, 0.2) is 0 Å². The van der Waals surface area contributed by atoms with E-state index in [2.05, 4.69) is 27.8 Å². The highest BCUT2D eigenvalue weighted by atomic mass is 13.5. The monoisotopic (exact) mass is 95.1 g/mol. The molecule has 0 aliphatic carbocycles. The largest absolute Gasteiger partial charge is 0.128 e. The van der Waals surface area contributed by atoms with Crippen molar-refractivity contribution in [3.63, 3.8) is 0 Å². The Labute approximate surface area is 48.0 Å². The molecule has 0 heterocycles. The average molecular weight is 94.8 g/mol. The van der Waals surface area contributed by atoms with Crippen LogP contribution in [0.4, 0.5) is 0 Å². The van der Waals surface area contributed by atoms with Crippen molar-refractivity contribution in [3.8, 4) is 0 Å². The highest BCUT2D eigenvalue weighted by Gasteiger charge is 1.98. The van der Waals surface area contributed by atoms with Gasteiger partial charge in [0.15, 0.2) is 0 Å².